The summed E-state index contributed by atoms with van der Waals surface area (Å²) in [4.78, 5) is 21.6. The molecule has 2 heterocycles. The number of pyridine rings is 1. The molecule has 17 heavy (non-hydrogen) atoms. The van der Waals surface area contributed by atoms with E-state index in [9.17, 15) is 4.79 Å². The highest BCUT2D eigenvalue weighted by molar-refractivity contribution is 5.86. The summed E-state index contributed by atoms with van der Waals surface area (Å²) in [5.41, 5.74) is 5.92. The minimum atomic E-state index is -0.594. The van der Waals surface area contributed by atoms with E-state index >= 15 is 0 Å². The number of nitrogens with one attached hydrogen (secondary N) is 1. The lowest BCUT2D eigenvalue weighted by Crippen LogP contribution is -2.19. The predicted molar refractivity (Wildman–Crippen MR) is 64.2 cm³/mol. The van der Waals surface area contributed by atoms with Crippen LogP contribution in [0.1, 0.15) is 5.56 Å². The van der Waals surface area contributed by atoms with E-state index in [2.05, 4.69) is 20.3 Å². The molecule has 6 heteroatoms. The quantitative estimate of drug-likeness (QED) is 0.774. The molecule has 0 fully saturated rings. The highest BCUT2D eigenvalue weighted by atomic mass is 16.2. The maximum Gasteiger partial charge on any atom is 0.317 e. The number of amides is 2. The summed E-state index contributed by atoms with van der Waals surface area (Å²) in [5, 5.41) is 2.37. The monoisotopic (exact) mass is 231 g/mol. The molecule has 0 saturated carbocycles. The number of hydrogen-bond acceptors (Lipinski definition) is 4. The topological polar surface area (TPSA) is 93.8 Å². The molecular weight excluding hydrogens is 218 g/mol. The Hall–Kier alpha value is -2.50. The van der Waals surface area contributed by atoms with Crippen molar-refractivity contribution in [2.45, 2.75) is 6.92 Å². The molecule has 0 atom stereocenters. The Labute approximate surface area is 98.9 Å². The van der Waals surface area contributed by atoms with Gasteiger partial charge in [0.05, 0.1) is 0 Å². The molecule has 0 saturated heterocycles. The molecule has 0 radical (unpaired) electrons. The van der Waals surface area contributed by atoms with Crippen LogP contribution in [0.4, 0.5) is 10.6 Å². The van der Waals surface area contributed by atoms with Crippen LogP contribution in [0.15, 0.2) is 43.1 Å². The maximum absolute atomic E-state index is 10.4. The van der Waals surface area contributed by atoms with E-state index in [1.54, 1.807) is 30.7 Å². The zero-order valence-corrected chi connectivity index (χ0v) is 9.37. The number of aromatic nitrogens is 3. The van der Waals surface area contributed by atoms with Gasteiger partial charge >= 0.3 is 6.03 Å². The van der Waals surface area contributed by atoms with Crippen molar-refractivity contribution >= 4 is 11.8 Å². The fourth-order valence-corrected chi connectivity index (χ4v) is 0.984. The van der Waals surface area contributed by atoms with Crippen LogP contribution in [0.25, 0.3) is 0 Å². The smallest absolute Gasteiger partial charge is 0.317 e. The zero-order chi connectivity index (χ0) is 12.5. The van der Waals surface area contributed by atoms with E-state index in [4.69, 9.17) is 5.73 Å². The van der Waals surface area contributed by atoms with Crippen molar-refractivity contribution < 1.29 is 4.79 Å². The number of nitrogens with two attached hydrogens (primary N) is 1. The van der Waals surface area contributed by atoms with Gasteiger partial charge in [0.15, 0.2) is 0 Å². The number of carbonyl (C=O) groups is 1. The van der Waals surface area contributed by atoms with Crippen molar-refractivity contribution in [2.24, 2.45) is 5.73 Å². The fraction of sp³-hybridized carbons (Fsp3) is 0.0909. The van der Waals surface area contributed by atoms with Crippen LogP contribution in [-0.2, 0) is 0 Å². The molecule has 0 aliphatic heterocycles. The number of urea groups is 1. The Morgan fingerprint density at radius 2 is 2.00 bits per heavy atom. The van der Waals surface area contributed by atoms with Crippen LogP contribution in [0.5, 0.6) is 0 Å². The number of aryl methyl sites for hydroxylation is 1. The van der Waals surface area contributed by atoms with Crippen molar-refractivity contribution in [1.82, 2.24) is 15.0 Å². The minimum Gasteiger partial charge on any atom is -0.351 e. The summed E-state index contributed by atoms with van der Waals surface area (Å²) in [6.07, 6.45) is 6.49. The molecule has 3 N–H and O–H groups in total. The van der Waals surface area contributed by atoms with E-state index in [0.29, 0.717) is 5.82 Å². The first kappa shape index (κ1) is 12.6. The first-order valence-electron chi connectivity index (χ1n) is 4.87. The molecule has 0 spiro atoms. The van der Waals surface area contributed by atoms with Gasteiger partial charge in [-0.2, -0.15) is 0 Å². The molecule has 6 nitrogen and oxygen atoms in total. The molecule has 2 aromatic rings. The summed E-state index contributed by atoms with van der Waals surface area (Å²) in [5.74, 6) is 0.484. The third kappa shape index (κ3) is 5.83. The van der Waals surface area contributed by atoms with E-state index in [-0.39, 0.29) is 0 Å². The Morgan fingerprint density at radius 1 is 1.29 bits per heavy atom. The highest BCUT2D eigenvalue weighted by Gasteiger charge is 1.95. The Kier molecular flexibility index (Phi) is 5.09. The molecular formula is C11H13N5O. The molecule has 2 rings (SSSR count). The summed E-state index contributed by atoms with van der Waals surface area (Å²) in [7, 11) is 0. The maximum atomic E-state index is 10.4. The lowest BCUT2D eigenvalue weighted by Gasteiger charge is -1.99. The second-order valence-corrected chi connectivity index (χ2v) is 3.11. The van der Waals surface area contributed by atoms with Gasteiger partial charge in [-0.1, -0.05) is 0 Å². The van der Waals surface area contributed by atoms with Gasteiger partial charge in [-0.05, 0) is 30.7 Å². The van der Waals surface area contributed by atoms with Gasteiger partial charge in [0.2, 0.25) is 0 Å². The largest absolute Gasteiger partial charge is 0.351 e. The summed E-state index contributed by atoms with van der Waals surface area (Å²) in [6.45, 7) is 1.91. The number of carbonyl (C=O) groups excluding carboxylic acids is 1. The van der Waals surface area contributed by atoms with Crippen LogP contribution in [0, 0.1) is 6.92 Å². The third-order valence-corrected chi connectivity index (χ3v) is 1.64. The van der Waals surface area contributed by atoms with Crippen LogP contribution < -0.4 is 11.1 Å². The van der Waals surface area contributed by atoms with Gasteiger partial charge in [0.25, 0.3) is 0 Å². The van der Waals surface area contributed by atoms with Gasteiger partial charge < -0.3 is 5.73 Å². The fourth-order valence-electron chi connectivity index (χ4n) is 0.984. The molecule has 0 bridgehead atoms. The number of primary amides is 1. The van der Waals surface area contributed by atoms with E-state index in [1.807, 2.05) is 13.0 Å². The number of nitrogens with zero attached hydrogens (tertiary/aromatic N) is 3. The van der Waals surface area contributed by atoms with Crippen molar-refractivity contribution in [3.63, 3.8) is 0 Å². The van der Waals surface area contributed by atoms with Gasteiger partial charge in [0, 0.05) is 18.6 Å². The molecule has 88 valence electrons. The van der Waals surface area contributed by atoms with Crippen LogP contribution in [0.3, 0.4) is 0 Å². The Morgan fingerprint density at radius 3 is 2.41 bits per heavy atom. The van der Waals surface area contributed by atoms with Crippen molar-refractivity contribution in [3.05, 3.63) is 48.7 Å². The highest BCUT2D eigenvalue weighted by Crippen LogP contribution is 2.03. The first-order valence-corrected chi connectivity index (χ1v) is 4.87. The van der Waals surface area contributed by atoms with Crippen LogP contribution >= 0.6 is 0 Å². The van der Waals surface area contributed by atoms with Crippen LogP contribution in [0.2, 0.25) is 0 Å². The van der Waals surface area contributed by atoms with E-state index < -0.39 is 6.03 Å². The lowest BCUT2D eigenvalue weighted by atomic mass is 10.3. The predicted octanol–water partition coefficient (Wildman–Crippen LogP) is 1.36. The van der Waals surface area contributed by atoms with Gasteiger partial charge in [-0.3, -0.25) is 5.32 Å². The molecule has 0 unspecified atom stereocenters. The number of anilines is 1. The number of rotatable bonds is 1. The van der Waals surface area contributed by atoms with Crippen molar-refractivity contribution in [3.8, 4) is 0 Å². The van der Waals surface area contributed by atoms with E-state index in [1.165, 1.54) is 6.33 Å². The van der Waals surface area contributed by atoms with Crippen LogP contribution in [-0.4, -0.2) is 21.0 Å². The van der Waals surface area contributed by atoms with Gasteiger partial charge in [0.1, 0.15) is 12.1 Å². The third-order valence-electron chi connectivity index (χ3n) is 1.64. The number of hydrogen-bond donors (Lipinski definition) is 2. The second-order valence-electron chi connectivity index (χ2n) is 3.11. The normalized spacial score (nSPS) is 8.76. The molecule has 0 aromatic carbocycles. The lowest BCUT2D eigenvalue weighted by molar-refractivity contribution is 0.259. The first-order chi connectivity index (χ1) is 8.18. The average Bonchev–Trinajstić information content (AvgIpc) is 2.31. The molecule has 2 aromatic heterocycles. The standard InChI is InChI=1S/C7H9N3O.C4H4N2/c1-5-2-3-9-6(4-5)10-7(8)11;1-2-5-4-6-3-1/h2-4H,1H3,(H3,8,9,10,11);1-4H. The molecule has 0 aliphatic carbocycles. The molecule has 0 aliphatic rings. The Bertz CT molecular complexity index is 434. The Balaban J connectivity index is 0.000000202. The minimum absolute atomic E-state index is 0.484. The van der Waals surface area contributed by atoms with Crippen molar-refractivity contribution in [1.29, 1.82) is 0 Å². The van der Waals surface area contributed by atoms with Gasteiger partial charge in [-0.25, -0.2) is 19.7 Å². The second kappa shape index (κ2) is 6.89. The summed E-state index contributed by atoms with van der Waals surface area (Å²) >= 11 is 0. The summed E-state index contributed by atoms with van der Waals surface area (Å²) in [6, 6.07) is 4.76. The summed E-state index contributed by atoms with van der Waals surface area (Å²) < 4.78 is 0. The zero-order valence-electron chi connectivity index (χ0n) is 9.37. The van der Waals surface area contributed by atoms with Crippen molar-refractivity contribution in [2.75, 3.05) is 5.32 Å². The van der Waals surface area contributed by atoms with E-state index in [0.717, 1.165) is 5.56 Å². The van der Waals surface area contributed by atoms with Gasteiger partial charge in [-0.15, -0.1) is 0 Å². The SMILES string of the molecule is Cc1ccnc(NC(N)=O)c1.c1cncnc1. The average molecular weight is 231 g/mol. The molecule has 2 amide bonds.